The summed E-state index contributed by atoms with van der Waals surface area (Å²) < 4.78 is 27.7. The predicted molar refractivity (Wildman–Crippen MR) is 141 cm³/mol. The molecule has 0 radical (unpaired) electrons. The van der Waals surface area contributed by atoms with Crippen molar-refractivity contribution in [3.63, 3.8) is 0 Å². The Morgan fingerprint density at radius 1 is 1.19 bits per heavy atom. The third-order valence-electron chi connectivity index (χ3n) is 7.28. The number of rotatable bonds is 6. The Kier molecular flexibility index (Phi) is 7.64. The summed E-state index contributed by atoms with van der Waals surface area (Å²) in [6.45, 7) is 8.33. The monoisotopic (exact) mass is 550 g/mol. The number of aromatic nitrogens is 2. The van der Waals surface area contributed by atoms with Gasteiger partial charge >= 0.3 is 11.7 Å². The quantitative estimate of drug-likeness (QED) is 0.561. The molecule has 37 heavy (non-hydrogen) atoms. The van der Waals surface area contributed by atoms with Gasteiger partial charge in [0, 0.05) is 30.1 Å². The van der Waals surface area contributed by atoms with Gasteiger partial charge in [-0.1, -0.05) is 27.7 Å². The molecular weight excluding hydrogens is 516 g/mol. The maximum absolute atomic E-state index is 14.0. The number of thiophene rings is 1. The number of nitrogens with one attached hydrogen (secondary N) is 1. The summed E-state index contributed by atoms with van der Waals surface area (Å²) in [4.78, 5) is 45.8. The van der Waals surface area contributed by atoms with Crippen molar-refractivity contribution in [2.45, 2.75) is 76.2 Å². The van der Waals surface area contributed by atoms with E-state index in [4.69, 9.17) is 0 Å². The van der Waals surface area contributed by atoms with Crippen molar-refractivity contribution in [2.75, 3.05) is 18.0 Å². The van der Waals surface area contributed by atoms with Gasteiger partial charge in [0.25, 0.3) is 0 Å². The minimum atomic E-state index is -3.96. The highest BCUT2D eigenvalue weighted by Gasteiger charge is 2.42. The number of sulfonamides is 1. The number of aromatic amines is 1. The summed E-state index contributed by atoms with van der Waals surface area (Å²) in [6.07, 6.45) is 5.81. The van der Waals surface area contributed by atoms with Crippen LogP contribution in [0.4, 0.5) is 5.69 Å². The van der Waals surface area contributed by atoms with Crippen LogP contribution in [0.5, 0.6) is 0 Å². The molecule has 0 aromatic carbocycles. The third-order valence-corrected chi connectivity index (χ3v) is 10.7. The van der Waals surface area contributed by atoms with Crippen molar-refractivity contribution in [3.05, 3.63) is 38.7 Å². The number of anilines is 1. The molecule has 1 aliphatic heterocycles. The molecule has 1 amide bonds. The Morgan fingerprint density at radius 2 is 1.86 bits per heavy atom. The van der Waals surface area contributed by atoms with Crippen LogP contribution < -0.4 is 10.6 Å². The van der Waals surface area contributed by atoms with Gasteiger partial charge in [-0.2, -0.15) is 4.31 Å². The van der Waals surface area contributed by atoms with Crippen molar-refractivity contribution in [1.29, 1.82) is 0 Å². The van der Waals surface area contributed by atoms with Crippen LogP contribution in [0.25, 0.3) is 0 Å². The second kappa shape index (κ2) is 10.3. The van der Waals surface area contributed by atoms with E-state index in [1.165, 1.54) is 4.31 Å². The number of carboxylic acids is 1. The van der Waals surface area contributed by atoms with E-state index < -0.39 is 27.7 Å². The smallest absolute Gasteiger partial charge is 0.348 e. The number of carbonyl (C=O) groups excluding carboxylic acids is 1. The van der Waals surface area contributed by atoms with Crippen LogP contribution in [0.2, 0.25) is 0 Å². The minimum absolute atomic E-state index is 0.0239. The standard InChI is InChI=1S/C25H34N4O6S2/c1-15-5-7-16(8-6-15)22(30)29(19-11-20(25(2,3)4)36-21(19)23(31)32)17-9-10-28(14-17)37(34,35)18-12-26-24(33)27-13-18/h11-13,15-17H,5-10,14H2,1-4H3,(H,31,32)(H,26,27,33)/t15?,16?,17-/m0/s1. The summed E-state index contributed by atoms with van der Waals surface area (Å²) in [5.41, 5.74) is -0.615. The van der Waals surface area contributed by atoms with E-state index in [1.54, 1.807) is 11.0 Å². The fourth-order valence-electron chi connectivity index (χ4n) is 5.04. The fraction of sp³-hybridized carbons (Fsp3) is 0.600. The van der Waals surface area contributed by atoms with E-state index in [9.17, 15) is 27.9 Å². The molecule has 0 bridgehead atoms. The van der Waals surface area contributed by atoms with Crippen molar-refractivity contribution in [2.24, 2.45) is 11.8 Å². The van der Waals surface area contributed by atoms with E-state index >= 15 is 0 Å². The highest BCUT2D eigenvalue weighted by molar-refractivity contribution is 7.89. The highest BCUT2D eigenvalue weighted by atomic mass is 32.2. The number of amides is 1. The van der Waals surface area contributed by atoms with Crippen molar-refractivity contribution < 1.29 is 23.1 Å². The van der Waals surface area contributed by atoms with Crippen molar-refractivity contribution in [1.82, 2.24) is 14.3 Å². The Balaban J connectivity index is 1.72. The summed E-state index contributed by atoms with van der Waals surface area (Å²) in [7, 11) is -3.96. The third kappa shape index (κ3) is 5.65. The number of aromatic carboxylic acids is 1. The molecule has 2 fully saturated rings. The lowest BCUT2D eigenvalue weighted by Crippen LogP contribution is -2.46. The number of carbonyl (C=O) groups is 2. The van der Waals surface area contributed by atoms with Gasteiger partial charge in [-0.3, -0.25) is 4.79 Å². The Labute approximate surface area is 220 Å². The van der Waals surface area contributed by atoms with E-state index in [-0.39, 0.29) is 40.1 Å². The average Bonchev–Trinajstić information content (AvgIpc) is 3.49. The average molecular weight is 551 g/mol. The van der Waals surface area contributed by atoms with Gasteiger partial charge in [0.05, 0.1) is 17.9 Å². The summed E-state index contributed by atoms with van der Waals surface area (Å²) in [5.74, 6) is -0.932. The molecule has 1 aliphatic carbocycles. The lowest BCUT2D eigenvalue weighted by molar-refractivity contribution is -0.124. The zero-order chi connectivity index (χ0) is 27.1. The molecule has 2 aromatic heterocycles. The summed E-state index contributed by atoms with van der Waals surface area (Å²) in [6, 6.07) is 1.28. The van der Waals surface area contributed by atoms with E-state index in [2.05, 4.69) is 16.9 Å². The minimum Gasteiger partial charge on any atom is -0.477 e. The highest BCUT2D eigenvalue weighted by Crippen LogP contribution is 2.41. The van der Waals surface area contributed by atoms with Gasteiger partial charge in [-0.25, -0.2) is 23.0 Å². The van der Waals surface area contributed by atoms with Crippen LogP contribution in [0.1, 0.15) is 74.3 Å². The maximum Gasteiger partial charge on any atom is 0.348 e. The van der Waals surface area contributed by atoms with Crippen LogP contribution in [-0.2, 0) is 20.2 Å². The van der Waals surface area contributed by atoms with Gasteiger partial charge in [-0.15, -0.1) is 11.3 Å². The van der Waals surface area contributed by atoms with Crippen LogP contribution in [0.3, 0.4) is 0 Å². The first-order valence-corrected chi connectivity index (χ1v) is 14.8. The first-order valence-electron chi connectivity index (χ1n) is 12.5. The molecule has 12 heteroatoms. The number of H-pyrrole nitrogens is 1. The lowest BCUT2D eigenvalue weighted by atomic mass is 9.82. The molecule has 2 aromatic rings. The van der Waals surface area contributed by atoms with Crippen LogP contribution in [0.15, 0.2) is 28.2 Å². The van der Waals surface area contributed by atoms with Crippen LogP contribution in [-0.4, -0.2) is 58.8 Å². The molecule has 2 aliphatic rings. The SMILES string of the molecule is CC1CCC(C(=O)N(c2cc(C(C)(C)C)sc2C(=O)O)[C@H]2CCN(S(=O)(=O)c3cnc(=O)[nH]c3)C2)CC1. The molecule has 0 unspecified atom stereocenters. The molecule has 1 saturated carbocycles. The number of nitrogens with zero attached hydrogens (tertiary/aromatic N) is 3. The first kappa shape index (κ1) is 27.5. The van der Waals surface area contributed by atoms with Crippen molar-refractivity contribution >= 4 is 38.9 Å². The normalized spacial score (nSPS) is 23.2. The zero-order valence-corrected chi connectivity index (χ0v) is 23.2. The number of hydrogen-bond donors (Lipinski definition) is 2. The number of hydrogen-bond acceptors (Lipinski definition) is 7. The molecule has 202 valence electrons. The predicted octanol–water partition coefficient (Wildman–Crippen LogP) is 3.45. The Hall–Kier alpha value is -2.57. The molecule has 1 saturated heterocycles. The Morgan fingerprint density at radius 3 is 2.43 bits per heavy atom. The van der Waals surface area contributed by atoms with Crippen LogP contribution in [0, 0.1) is 11.8 Å². The second-order valence-corrected chi connectivity index (χ2v) is 14.1. The summed E-state index contributed by atoms with van der Waals surface area (Å²) >= 11 is 1.16. The topological polar surface area (TPSA) is 141 Å². The maximum atomic E-state index is 14.0. The molecule has 2 N–H and O–H groups in total. The largest absolute Gasteiger partial charge is 0.477 e. The van der Waals surface area contributed by atoms with E-state index in [1.807, 2.05) is 20.8 Å². The van der Waals surface area contributed by atoms with Crippen molar-refractivity contribution in [3.8, 4) is 0 Å². The fourth-order valence-corrected chi connectivity index (χ4v) is 7.49. The van der Waals surface area contributed by atoms with Gasteiger partial charge in [0.15, 0.2) is 0 Å². The van der Waals surface area contributed by atoms with Gasteiger partial charge in [0.2, 0.25) is 15.9 Å². The number of carboxylic acid groups (broad SMARTS) is 1. The van der Waals surface area contributed by atoms with E-state index in [0.29, 0.717) is 18.0 Å². The van der Waals surface area contributed by atoms with Crippen LogP contribution >= 0.6 is 11.3 Å². The Bertz CT molecular complexity index is 1320. The van der Waals surface area contributed by atoms with Gasteiger partial charge < -0.3 is 15.0 Å². The summed E-state index contributed by atoms with van der Waals surface area (Å²) in [5, 5.41) is 10.0. The molecular formula is C25H34N4O6S2. The first-order chi connectivity index (χ1) is 17.3. The molecule has 1 atom stereocenters. The van der Waals surface area contributed by atoms with E-state index in [0.717, 1.165) is 54.3 Å². The zero-order valence-electron chi connectivity index (χ0n) is 21.6. The second-order valence-electron chi connectivity index (χ2n) is 11.1. The molecule has 0 spiro atoms. The molecule has 4 rings (SSSR count). The van der Waals surface area contributed by atoms with Gasteiger partial charge in [-0.05, 0) is 49.5 Å². The molecule has 10 nitrogen and oxygen atoms in total. The lowest BCUT2D eigenvalue weighted by Gasteiger charge is -2.34. The van der Waals surface area contributed by atoms with Gasteiger partial charge in [0.1, 0.15) is 9.77 Å². The molecule has 3 heterocycles.